The van der Waals surface area contributed by atoms with Crippen molar-refractivity contribution in [1.29, 1.82) is 0 Å². The molecule has 1 heterocycles. The number of aryl methyl sites for hydroxylation is 2. The van der Waals surface area contributed by atoms with Crippen LogP contribution >= 0.6 is 0 Å². The highest BCUT2D eigenvalue weighted by Crippen LogP contribution is 2.38. The van der Waals surface area contributed by atoms with E-state index in [4.69, 9.17) is 0 Å². The molecule has 15 heavy (non-hydrogen) atoms. The summed E-state index contributed by atoms with van der Waals surface area (Å²) in [6.45, 7) is 4.36. The van der Waals surface area contributed by atoms with Crippen LogP contribution < -0.4 is 0 Å². The van der Waals surface area contributed by atoms with E-state index in [1.165, 1.54) is 33.4 Å². The van der Waals surface area contributed by atoms with Crippen LogP contribution in [0.5, 0.6) is 0 Å². The van der Waals surface area contributed by atoms with Crippen LogP contribution in [0.3, 0.4) is 0 Å². The van der Waals surface area contributed by atoms with E-state index in [-0.39, 0.29) is 0 Å². The second-order valence-electron chi connectivity index (χ2n) is 4.32. The molecule has 2 aromatic rings. The lowest BCUT2D eigenvalue weighted by atomic mass is 9.99. The van der Waals surface area contributed by atoms with Gasteiger partial charge >= 0.3 is 0 Å². The molecular formula is C14H13N. The number of nitrogens with zero attached hydrogens (tertiary/aromatic N) is 1. The highest BCUT2D eigenvalue weighted by molar-refractivity contribution is 5.77. The van der Waals surface area contributed by atoms with Crippen molar-refractivity contribution in [3.05, 3.63) is 52.8 Å². The van der Waals surface area contributed by atoms with Gasteiger partial charge in [0, 0.05) is 18.8 Å². The zero-order chi connectivity index (χ0) is 10.4. The van der Waals surface area contributed by atoms with Crippen LogP contribution in [0.4, 0.5) is 0 Å². The lowest BCUT2D eigenvalue weighted by Crippen LogP contribution is -1.87. The molecule has 0 bridgehead atoms. The van der Waals surface area contributed by atoms with Crippen molar-refractivity contribution in [2.24, 2.45) is 0 Å². The molecule has 1 heteroatoms. The van der Waals surface area contributed by atoms with Crippen molar-refractivity contribution < 1.29 is 0 Å². The summed E-state index contributed by atoms with van der Waals surface area (Å²) >= 11 is 0. The topological polar surface area (TPSA) is 12.9 Å². The Labute approximate surface area is 89.8 Å². The van der Waals surface area contributed by atoms with Gasteiger partial charge in [-0.25, -0.2) is 0 Å². The van der Waals surface area contributed by atoms with E-state index < -0.39 is 0 Å². The van der Waals surface area contributed by atoms with E-state index in [0.29, 0.717) is 0 Å². The van der Waals surface area contributed by atoms with Gasteiger partial charge in [-0.05, 0) is 47.7 Å². The van der Waals surface area contributed by atoms with Gasteiger partial charge in [-0.3, -0.25) is 4.98 Å². The molecule has 3 rings (SSSR count). The third-order valence-corrected chi connectivity index (χ3v) is 3.18. The standard InChI is InChI=1S/C14H13N/c1-9-5-10(2)13-7-11-8-15-4-3-12(11)14(13)6-9/h3-6,8H,7H2,1-2H3. The first-order valence-corrected chi connectivity index (χ1v) is 5.29. The number of aromatic nitrogens is 1. The molecule has 1 aliphatic carbocycles. The summed E-state index contributed by atoms with van der Waals surface area (Å²) in [5.41, 5.74) is 8.36. The Morgan fingerprint density at radius 1 is 1.13 bits per heavy atom. The summed E-state index contributed by atoms with van der Waals surface area (Å²) in [7, 11) is 0. The molecule has 0 saturated heterocycles. The normalized spacial score (nSPS) is 12.4. The van der Waals surface area contributed by atoms with Crippen LogP contribution in [0.2, 0.25) is 0 Å². The SMILES string of the molecule is Cc1cc(C)c2c(c1)-c1ccncc1C2. The first kappa shape index (κ1) is 8.66. The molecule has 1 aliphatic rings. The maximum Gasteiger partial charge on any atom is 0.0309 e. The largest absolute Gasteiger partial charge is 0.264 e. The van der Waals surface area contributed by atoms with Gasteiger partial charge in [0.1, 0.15) is 0 Å². The second-order valence-corrected chi connectivity index (χ2v) is 4.32. The Balaban J connectivity index is 2.33. The first-order chi connectivity index (χ1) is 7.25. The molecule has 0 unspecified atom stereocenters. The predicted octanol–water partition coefficient (Wildman–Crippen LogP) is 3.27. The van der Waals surface area contributed by atoms with Crippen molar-refractivity contribution in [3.8, 4) is 11.1 Å². The van der Waals surface area contributed by atoms with Crippen molar-refractivity contribution >= 4 is 0 Å². The van der Waals surface area contributed by atoms with Gasteiger partial charge < -0.3 is 0 Å². The van der Waals surface area contributed by atoms with Gasteiger partial charge in [0.05, 0.1) is 0 Å². The molecule has 0 amide bonds. The van der Waals surface area contributed by atoms with Crippen LogP contribution in [0.25, 0.3) is 11.1 Å². The number of fused-ring (bicyclic) bond motifs is 3. The van der Waals surface area contributed by atoms with Gasteiger partial charge in [0.15, 0.2) is 0 Å². The zero-order valence-electron chi connectivity index (χ0n) is 9.04. The van der Waals surface area contributed by atoms with Crippen molar-refractivity contribution in [1.82, 2.24) is 4.98 Å². The molecule has 1 aromatic heterocycles. The highest BCUT2D eigenvalue weighted by Gasteiger charge is 2.19. The molecule has 0 saturated carbocycles. The summed E-state index contributed by atoms with van der Waals surface area (Å²) in [5, 5.41) is 0. The van der Waals surface area contributed by atoms with Gasteiger partial charge in [-0.1, -0.05) is 17.7 Å². The molecule has 0 aliphatic heterocycles. The number of rotatable bonds is 0. The fraction of sp³-hybridized carbons (Fsp3) is 0.214. The fourth-order valence-corrected chi connectivity index (χ4v) is 2.49. The van der Waals surface area contributed by atoms with Crippen LogP contribution in [0.1, 0.15) is 22.3 Å². The molecule has 0 atom stereocenters. The smallest absolute Gasteiger partial charge is 0.0309 e. The molecular weight excluding hydrogens is 182 g/mol. The maximum atomic E-state index is 4.19. The molecule has 0 fully saturated rings. The summed E-state index contributed by atoms with van der Waals surface area (Å²) in [4.78, 5) is 4.19. The average Bonchev–Trinajstić information content (AvgIpc) is 2.57. The summed E-state index contributed by atoms with van der Waals surface area (Å²) in [6.07, 6.45) is 4.92. The van der Waals surface area contributed by atoms with E-state index >= 15 is 0 Å². The quantitative estimate of drug-likeness (QED) is 0.536. The van der Waals surface area contributed by atoms with E-state index in [1.807, 2.05) is 12.4 Å². The molecule has 0 N–H and O–H groups in total. The minimum absolute atomic E-state index is 1.05. The van der Waals surface area contributed by atoms with Gasteiger partial charge in [0.2, 0.25) is 0 Å². The molecule has 1 nitrogen and oxygen atoms in total. The maximum absolute atomic E-state index is 4.19. The summed E-state index contributed by atoms with van der Waals surface area (Å²) in [6, 6.07) is 6.67. The molecule has 0 spiro atoms. The van der Waals surface area contributed by atoms with E-state index in [9.17, 15) is 0 Å². The Morgan fingerprint density at radius 3 is 2.87 bits per heavy atom. The molecule has 74 valence electrons. The van der Waals surface area contributed by atoms with Crippen molar-refractivity contribution in [3.63, 3.8) is 0 Å². The summed E-state index contributed by atoms with van der Waals surface area (Å²) in [5.74, 6) is 0. The Kier molecular flexibility index (Phi) is 1.69. The number of hydrogen-bond donors (Lipinski definition) is 0. The molecule has 1 aromatic carbocycles. The lowest BCUT2D eigenvalue weighted by Gasteiger charge is -2.05. The first-order valence-electron chi connectivity index (χ1n) is 5.29. The van der Waals surface area contributed by atoms with Crippen molar-refractivity contribution in [2.45, 2.75) is 20.3 Å². The minimum Gasteiger partial charge on any atom is -0.264 e. The highest BCUT2D eigenvalue weighted by atomic mass is 14.6. The Bertz CT molecular complexity index is 541. The third-order valence-electron chi connectivity index (χ3n) is 3.18. The monoisotopic (exact) mass is 195 g/mol. The number of hydrogen-bond acceptors (Lipinski definition) is 1. The van der Waals surface area contributed by atoms with Gasteiger partial charge in [0.25, 0.3) is 0 Å². The van der Waals surface area contributed by atoms with Crippen LogP contribution in [-0.4, -0.2) is 4.98 Å². The van der Waals surface area contributed by atoms with Gasteiger partial charge in [-0.15, -0.1) is 0 Å². The number of benzene rings is 1. The minimum atomic E-state index is 1.05. The van der Waals surface area contributed by atoms with Crippen LogP contribution in [-0.2, 0) is 6.42 Å². The van der Waals surface area contributed by atoms with Gasteiger partial charge in [-0.2, -0.15) is 0 Å². The summed E-state index contributed by atoms with van der Waals surface area (Å²) < 4.78 is 0. The van der Waals surface area contributed by atoms with Crippen LogP contribution in [0.15, 0.2) is 30.6 Å². The Morgan fingerprint density at radius 2 is 2.00 bits per heavy atom. The second kappa shape index (κ2) is 2.93. The Hall–Kier alpha value is -1.63. The van der Waals surface area contributed by atoms with E-state index in [2.05, 4.69) is 37.0 Å². The van der Waals surface area contributed by atoms with Crippen LogP contribution in [0, 0.1) is 13.8 Å². The fourth-order valence-electron chi connectivity index (χ4n) is 2.49. The predicted molar refractivity (Wildman–Crippen MR) is 62.0 cm³/mol. The molecule has 0 radical (unpaired) electrons. The number of pyridine rings is 1. The van der Waals surface area contributed by atoms with E-state index in [0.717, 1.165) is 6.42 Å². The zero-order valence-corrected chi connectivity index (χ0v) is 9.04. The lowest BCUT2D eigenvalue weighted by molar-refractivity contribution is 1.17. The van der Waals surface area contributed by atoms with E-state index in [1.54, 1.807) is 0 Å². The van der Waals surface area contributed by atoms with Crippen molar-refractivity contribution in [2.75, 3.05) is 0 Å². The average molecular weight is 195 g/mol. The third kappa shape index (κ3) is 1.19.